The number of hydrogen-bond acceptors (Lipinski definition) is 4. The zero-order valence-corrected chi connectivity index (χ0v) is 21.9. The Morgan fingerprint density at radius 2 is 1.63 bits per heavy atom. The fourth-order valence-electron chi connectivity index (χ4n) is 4.97. The number of rotatable bonds is 9. The van der Waals surface area contributed by atoms with Gasteiger partial charge in [-0.05, 0) is 79.2 Å². The van der Waals surface area contributed by atoms with Gasteiger partial charge in [0.05, 0.1) is 7.11 Å². The standard InChI is InChI=1S/C30H32BrNO3/c1-33-28-16-14-25-26(30(28)35-21-22-7-3-2-4-8-22)13-15-27(31)29(25)23-9-11-24(12-10-23)34-20-19-32-17-5-6-18-32/h2-4,7-12,14,16H,5-6,13,15,17-21H2,1H3. The van der Waals surface area contributed by atoms with Crippen molar-refractivity contribution in [2.45, 2.75) is 32.3 Å². The van der Waals surface area contributed by atoms with Crippen molar-refractivity contribution in [1.29, 1.82) is 0 Å². The van der Waals surface area contributed by atoms with Crippen molar-refractivity contribution in [2.75, 3.05) is 33.4 Å². The lowest BCUT2D eigenvalue weighted by molar-refractivity contribution is 0.238. The molecular formula is C30H32BrNO3. The maximum Gasteiger partial charge on any atom is 0.165 e. The predicted octanol–water partition coefficient (Wildman–Crippen LogP) is 6.85. The van der Waals surface area contributed by atoms with E-state index in [9.17, 15) is 0 Å². The molecule has 3 aromatic carbocycles. The lowest BCUT2D eigenvalue weighted by atomic mass is 9.86. The Labute approximate surface area is 216 Å². The van der Waals surface area contributed by atoms with Crippen LogP contribution in [0.1, 0.15) is 41.5 Å². The molecule has 5 rings (SSSR count). The zero-order chi connectivity index (χ0) is 24.0. The van der Waals surface area contributed by atoms with Crippen molar-refractivity contribution >= 4 is 21.5 Å². The van der Waals surface area contributed by atoms with Crippen LogP contribution in [0.3, 0.4) is 0 Å². The van der Waals surface area contributed by atoms with Crippen molar-refractivity contribution in [2.24, 2.45) is 0 Å². The highest BCUT2D eigenvalue weighted by atomic mass is 79.9. The van der Waals surface area contributed by atoms with Crippen molar-refractivity contribution in [3.63, 3.8) is 0 Å². The second-order valence-corrected chi connectivity index (χ2v) is 10.1. The van der Waals surface area contributed by atoms with Crippen LogP contribution >= 0.6 is 15.9 Å². The quantitative estimate of drug-likeness (QED) is 0.301. The maximum atomic E-state index is 6.35. The van der Waals surface area contributed by atoms with Gasteiger partial charge in [0.25, 0.3) is 0 Å². The Morgan fingerprint density at radius 1 is 0.857 bits per heavy atom. The van der Waals surface area contributed by atoms with E-state index < -0.39 is 0 Å². The van der Waals surface area contributed by atoms with Gasteiger partial charge in [0.2, 0.25) is 0 Å². The molecule has 1 aliphatic carbocycles. The first-order valence-electron chi connectivity index (χ1n) is 12.4. The van der Waals surface area contributed by atoms with Gasteiger partial charge in [0, 0.05) is 16.6 Å². The minimum atomic E-state index is 0.511. The van der Waals surface area contributed by atoms with Gasteiger partial charge in [-0.25, -0.2) is 0 Å². The normalized spacial score (nSPS) is 15.7. The highest BCUT2D eigenvalue weighted by Gasteiger charge is 2.25. The minimum Gasteiger partial charge on any atom is -0.493 e. The third-order valence-corrected chi connectivity index (χ3v) is 7.62. The van der Waals surface area contributed by atoms with Gasteiger partial charge in [-0.1, -0.05) is 64.5 Å². The first kappa shape index (κ1) is 24.0. The fourth-order valence-corrected chi connectivity index (χ4v) is 5.61. The summed E-state index contributed by atoms with van der Waals surface area (Å²) in [5, 5.41) is 0. The summed E-state index contributed by atoms with van der Waals surface area (Å²) in [5.74, 6) is 2.54. The molecule has 35 heavy (non-hydrogen) atoms. The number of likely N-dealkylation sites (tertiary alicyclic amines) is 1. The third kappa shape index (κ3) is 5.57. The highest BCUT2D eigenvalue weighted by Crippen LogP contribution is 2.45. The SMILES string of the molecule is COc1ccc2c(c1OCc1ccccc1)CCC(Br)=C2c1ccc(OCCN2CCCC2)cc1. The van der Waals surface area contributed by atoms with E-state index in [-0.39, 0.29) is 0 Å². The van der Waals surface area contributed by atoms with Gasteiger partial charge in [0.1, 0.15) is 19.0 Å². The first-order valence-corrected chi connectivity index (χ1v) is 13.2. The number of hydrogen-bond donors (Lipinski definition) is 0. The Balaban J connectivity index is 1.36. The molecule has 0 unspecified atom stereocenters. The topological polar surface area (TPSA) is 30.9 Å². The fraction of sp³-hybridized carbons (Fsp3) is 0.333. The largest absolute Gasteiger partial charge is 0.493 e. The molecule has 0 saturated carbocycles. The molecule has 1 fully saturated rings. The van der Waals surface area contributed by atoms with Crippen LogP contribution in [0.2, 0.25) is 0 Å². The molecule has 0 N–H and O–H groups in total. The molecule has 1 aliphatic heterocycles. The van der Waals surface area contributed by atoms with E-state index in [1.165, 1.54) is 52.7 Å². The molecule has 0 bridgehead atoms. The number of fused-ring (bicyclic) bond motifs is 1. The van der Waals surface area contributed by atoms with E-state index >= 15 is 0 Å². The summed E-state index contributed by atoms with van der Waals surface area (Å²) in [6.07, 6.45) is 4.44. The smallest absolute Gasteiger partial charge is 0.165 e. The van der Waals surface area contributed by atoms with E-state index in [1.807, 2.05) is 24.3 Å². The molecule has 1 heterocycles. The van der Waals surface area contributed by atoms with Gasteiger partial charge in [-0.3, -0.25) is 4.90 Å². The van der Waals surface area contributed by atoms with Crippen LogP contribution in [0.4, 0.5) is 0 Å². The summed E-state index contributed by atoms with van der Waals surface area (Å²) in [6, 6.07) is 22.9. The van der Waals surface area contributed by atoms with Crippen molar-refractivity contribution in [3.05, 3.63) is 93.5 Å². The summed E-state index contributed by atoms with van der Waals surface area (Å²) in [7, 11) is 1.70. The number of benzene rings is 3. The number of halogens is 1. The second kappa shape index (κ2) is 11.3. The van der Waals surface area contributed by atoms with Crippen LogP contribution in [0, 0.1) is 0 Å². The van der Waals surface area contributed by atoms with Crippen LogP contribution in [0.25, 0.3) is 5.57 Å². The van der Waals surface area contributed by atoms with Crippen molar-refractivity contribution in [3.8, 4) is 17.2 Å². The van der Waals surface area contributed by atoms with E-state index in [4.69, 9.17) is 14.2 Å². The summed E-state index contributed by atoms with van der Waals surface area (Å²) >= 11 is 3.87. The maximum absolute atomic E-state index is 6.35. The average Bonchev–Trinajstić information content (AvgIpc) is 3.42. The molecule has 182 valence electrons. The molecule has 0 spiro atoms. The lowest BCUT2D eigenvalue weighted by Crippen LogP contribution is -2.25. The molecule has 5 heteroatoms. The summed E-state index contributed by atoms with van der Waals surface area (Å²) in [6.45, 7) is 4.64. The van der Waals surface area contributed by atoms with Crippen molar-refractivity contribution < 1.29 is 14.2 Å². The number of nitrogens with zero attached hydrogens (tertiary/aromatic N) is 1. The van der Waals surface area contributed by atoms with Gasteiger partial charge in [-0.2, -0.15) is 0 Å². The molecule has 0 radical (unpaired) electrons. The summed E-state index contributed by atoms with van der Waals surface area (Å²) in [5.41, 5.74) is 5.91. The van der Waals surface area contributed by atoms with Gasteiger partial charge in [-0.15, -0.1) is 0 Å². The third-order valence-electron chi connectivity index (χ3n) is 6.82. The molecule has 3 aromatic rings. The average molecular weight is 534 g/mol. The number of ether oxygens (including phenoxy) is 3. The van der Waals surface area contributed by atoms with Gasteiger partial charge >= 0.3 is 0 Å². The van der Waals surface area contributed by atoms with E-state index in [0.717, 1.165) is 48.8 Å². The number of allylic oxidation sites excluding steroid dienone is 1. The van der Waals surface area contributed by atoms with Crippen LogP contribution < -0.4 is 14.2 Å². The molecule has 0 atom stereocenters. The lowest BCUT2D eigenvalue weighted by Gasteiger charge is -2.25. The molecule has 4 nitrogen and oxygen atoms in total. The molecule has 2 aliphatic rings. The van der Waals surface area contributed by atoms with Crippen LogP contribution in [0.15, 0.2) is 71.2 Å². The monoisotopic (exact) mass is 533 g/mol. The van der Waals surface area contributed by atoms with E-state index in [2.05, 4.69) is 63.3 Å². The van der Waals surface area contributed by atoms with Gasteiger partial charge in [0.15, 0.2) is 11.5 Å². The highest BCUT2D eigenvalue weighted by molar-refractivity contribution is 9.11. The van der Waals surface area contributed by atoms with E-state index in [0.29, 0.717) is 6.61 Å². The Morgan fingerprint density at radius 3 is 2.37 bits per heavy atom. The molecule has 0 aromatic heterocycles. The van der Waals surface area contributed by atoms with Crippen LogP contribution in [-0.4, -0.2) is 38.3 Å². The molecular weight excluding hydrogens is 502 g/mol. The zero-order valence-electron chi connectivity index (χ0n) is 20.3. The van der Waals surface area contributed by atoms with Crippen LogP contribution in [-0.2, 0) is 13.0 Å². The Bertz CT molecular complexity index is 1170. The first-order chi connectivity index (χ1) is 17.2. The Hall–Kier alpha value is -2.76. The van der Waals surface area contributed by atoms with Crippen molar-refractivity contribution in [1.82, 2.24) is 4.90 Å². The molecule has 1 saturated heterocycles. The Kier molecular flexibility index (Phi) is 7.75. The number of methoxy groups -OCH3 is 1. The summed E-state index contributed by atoms with van der Waals surface area (Å²) < 4.78 is 19.3. The predicted molar refractivity (Wildman–Crippen MR) is 145 cm³/mol. The second-order valence-electron chi connectivity index (χ2n) is 9.10. The van der Waals surface area contributed by atoms with Gasteiger partial charge < -0.3 is 14.2 Å². The van der Waals surface area contributed by atoms with Crippen LogP contribution in [0.5, 0.6) is 17.2 Å². The molecule has 0 amide bonds. The minimum absolute atomic E-state index is 0.511. The summed E-state index contributed by atoms with van der Waals surface area (Å²) in [4.78, 5) is 2.47. The van der Waals surface area contributed by atoms with E-state index in [1.54, 1.807) is 7.11 Å².